The Morgan fingerprint density at radius 3 is 2.78 bits per heavy atom. The Bertz CT molecular complexity index is 708. The summed E-state index contributed by atoms with van der Waals surface area (Å²) in [5, 5.41) is 1.27. The molecule has 0 amide bonds. The highest BCUT2D eigenvalue weighted by Crippen LogP contribution is 2.28. The Balaban J connectivity index is 2.42. The van der Waals surface area contributed by atoms with Crippen molar-refractivity contribution < 1.29 is 0 Å². The van der Waals surface area contributed by atoms with E-state index in [0.717, 1.165) is 12.1 Å². The molecule has 0 spiro atoms. The van der Waals surface area contributed by atoms with Gasteiger partial charge >= 0.3 is 0 Å². The lowest BCUT2D eigenvalue weighted by Crippen LogP contribution is -2.03. The van der Waals surface area contributed by atoms with Gasteiger partial charge in [-0.1, -0.05) is 25.5 Å². The number of fused-ring (bicyclic) bond motifs is 3. The molecule has 2 heterocycles. The SMILES string of the molecule is Cc1ccc2c(c1)c1ncccc1n2CC(C)C. The van der Waals surface area contributed by atoms with Crippen molar-refractivity contribution in [3.8, 4) is 0 Å². The zero-order valence-electron chi connectivity index (χ0n) is 11.1. The van der Waals surface area contributed by atoms with Crippen molar-refractivity contribution in [3.05, 3.63) is 42.1 Å². The average molecular weight is 238 g/mol. The van der Waals surface area contributed by atoms with Gasteiger partial charge in [0.25, 0.3) is 0 Å². The summed E-state index contributed by atoms with van der Waals surface area (Å²) in [6.07, 6.45) is 1.88. The third-order valence-electron chi connectivity index (χ3n) is 3.32. The van der Waals surface area contributed by atoms with Crippen molar-refractivity contribution in [1.29, 1.82) is 0 Å². The van der Waals surface area contributed by atoms with Gasteiger partial charge in [-0.3, -0.25) is 4.98 Å². The smallest absolute Gasteiger partial charge is 0.0959 e. The quantitative estimate of drug-likeness (QED) is 0.655. The number of hydrogen-bond acceptors (Lipinski definition) is 1. The van der Waals surface area contributed by atoms with Crippen LogP contribution in [0.4, 0.5) is 0 Å². The van der Waals surface area contributed by atoms with E-state index >= 15 is 0 Å². The van der Waals surface area contributed by atoms with E-state index in [9.17, 15) is 0 Å². The fraction of sp³-hybridized carbons (Fsp3) is 0.312. The van der Waals surface area contributed by atoms with E-state index in [1.165, 1.54) is 22.0 Å². The molecule has 0 saturated heterocycles. The van der Waals surface area contributed by atoms with Gasteiger partial charge in [0.15, 0.2) is 0 Å². The first-order chi connectivity index (χ1) is 8.66. The van der Waals surface area contributed by atoms with Crippen molar-refractivity contribution in [2.45, 2.75) is 27.3 Å². The average Bonchev–Trinajstić information content (AvgIpc) is 2.64. The minimum atomic E-state index is 0.630. The molecule has 2 nitrogen and oxygen atoms in total. The van der Waals surface area contributed by atoms with Crippen LogP contribution in [0, 0.1) is 12.8 Å². The predicted molar refractivity (Wildman–Crippen MR) is 76.8 cm³/mol. The number of hydrogen-bond donors (Lipinski definition) is 0. The fourth-order valence-corrected chi connectivity index (χ4v) is 2.59. The van der Waals surface area contributed by atoms with Crippen LogP contribution in [0.1, 0.15) is 19.4 Å². The molecular weight excluding hydrogens is 220 g/mol. The molecular formula is C16H18N2. The molecule has 18 heavy (non-hydrogen) atoms. The van der Waals surface area contributed by atoms with Gasteiger partial charge in [0.05, 0.1) is 16.6 Å². The molecule has 3 rings (SSSR count). The number of nitrogens with zero attached hydrogens (tertiary/aromatic N) is 2. The zero-order valence-corrected chi connectivity index (χ0v) is 11.1. The molecule has 0 fully saturated rings. The third kappa shape index (κ3) is 1.69. The fourth-order valence-electron chi connectivity index (χ4n) is 2.59. The van der Waals surface area contributed by atoms with Crippen LogP contribution >= 0.6 is 0 Å². The van der Waals surface area contributed by atoms with E-state index < -0.39 is 0 Å². The molecule has 0 aliphatic heterocycles. The highest BCUT2D eigenvalue weighted by molar-refractivity contribution is 6.05. The van der Waals surface area contributed by atoms with E-state index in [4.69, 9.17) is 0 Å². The molecule has 2 heteroatoms. The van der Waals surface area contributed by atoms with Gasteiger partial charge in [-0.2, -0.15) is 0 Å². The summed E-state index contributed by atoms with van der Waals surface area (Å²) in [6.45, 7) is 7.67. The summed E-state index contributed by atoms with van der Waals surface area (Å²) in [6, 6.07) is 10.8. The molecule has 0 N–H and O–H groups in total. The lowest BCUT2D eigenvalue weighted by atomic mass is 10.1. The van der Waals surface area contributed by atoms with E-state index in [-0.39, 0.29) is 0 Å². The second kappa shape index (κ2) is 4.13. The van der Waals surface area contributed by atoms with Crippen LogP contribution in [0.3, 0.4) is 0 Å². The summed E-state index contributed by atoms with van der Waals surface area (Å²) in [5.74, 6) is 0.630. The molecule has 0 aliphatic rings. The van der Waals surface area contributed by atoms with Gasteiger partial charge < -0.3 is 4.57 Å². The molecule has 0 atom stereocenters. The van der Waals surface area contributed by atoms with Crippen LogP contribution in [0.2, 0.25) is 0 Å². The summed E-state index contributed by atoms with van der Waals surface area (Å²) >= 11 is 0. The molecule has 3 aromatic rings. The molecule has 0 radical (unpaired) electrons. The second-order valence-corrected chi connectivity index (χ2v) is 5.40. The maximum atomic E-state index is 4.56. The van der Waals surface area contributed by atoms with Crippen LogP contribution < -0.4 is 0 Å². The van der Waals surface area contributed by atoms with Crippen LogP contribution in [-0.2, 0) is 6.54 Å². The van der Waals surface area contributed by atoms with Crippen molar-refractivity contribution >= 4 is 21.9 Å². The van der Waals surface area contributed by atoms with E-state index in [1.54, 1.807) is 0 Å². The van der Waals surface area contributed by atoms with E-state index in [2.05, 4.69) is 54.6 Å². The van der Waals surface area contributed by atoms with Gasteiger partial charge in [0.2, 0.25) is 0 Å². The normalized spacial score (nSPS) is 11.8. The minimum Gasteiger partial charge on any atom is -0.339 e. The molecule has 92 valence electrons. The van der Waals surface area contributed by atoms with Crippen molar-refractivity contribution in [1.82, 2.24) is 9.55 Å². The van der Waals surface area contributed by atoms with E-state index in [0.29, 0.717) is 5.92 Å². The maximum absolute atomic E-state index is 4.56. The summed E-state index contributed by atoms with van der Waals surface area (Å²) in [4.78, 5) is 4.56. The highest BCUT2D eigenvalue weighted by Gasteiger charge is 2.11. The molecule has 2 aromatic heterocycles. The molecule has 1 aromatic carbocycles. The number of rotatable bonds is 2. The van der Waals surface area contributed by atoms with E-state index in [1.807, 2.05) is 12.3 Å². The first kappa shape index (κ1) is 11.3. The summed E-state index contributed by atoms with van der Waals surface area (Å²) in [5.41, 5.74) is 4.95. The monoisotopic (exact) mass is 238 g/mol. The third-order valence-corrected chi connectivity index (χ3v) is 3.32. The van der Waals surface area contributed by atoms with Crippen LogP contribution in [0.5, 0.6) is 0 Å². The standard InChI is InChI=1S/C16H18N2/c1-11(2)10-18-14-7-6-12(3)9-13(14)16-15(18)5-4-8-17-16/h4-9,11H,10H2,1-3H3. The predicted octanol–water partition coefficient (Wildman–Crippen LogP) is 4.15. The molecule has 0 saturated carbocycles. The zero-order chi connectivity index (χ0) is 12.7. The first-order valence-electron chi connectivity index (χ1n) is 6.50. The second-order valence-electron chi connectivity index (χ2n) is 5.40. The van der Waals surface area contributed by atoms with Crippen molar-refractivity contribution in [3.63, 3.8) is 0 Å². The minimum absolute atomic E-state index is 0.630. The Morgan fingerprint density at radius 2 is 2.00 bits per heavy atom. The lowest BCUT2D eigenvalue weighted by Gasteiger charge is -2.09. The first-order valence-corrected chi connectivity index (χ1v) is 6.50. The van der Waals surface area contributed by atoms with Crippen LogP contribution in [0.15, 0.2) is 36.5 Å². The number of aromatic nitrogens is 2. The maximum Gasteiger partial charge on any atom is 0.0959 e. The Labute approximate surface area is 107 Å². The Kier molecular flexibility index (Phi) is 2.58. The molecule has 0 bridgehead atoms. The highest BCUT2D eigenvalue weighted by atomic mass is 15.0. The summed E-state index contributed by atoms with van der Waals surface area (Å²) < 4.78 is 2.39. The van der Waals surface area contributed by atoms with Crippen molar-refractivity contribution in [2.24, 2.45) is 5.92 Å². The Hall–Kier alpha value is -1.83. The van der Waals surface area contributed by atoms with Crippen LogP contribution in [0.25, 0.3) is 21.9 Å². The van der Waals surface area contributed by atoms with Gasteiger partial charge in [-0.05, 0) is 37.1 Å². The topological polar surface area (TPSA) is 17.8 Å². The molecule has 0 aliphatic carbocycles. The lowest BCUT2D eigenvalue weighted by molar-refractivity contribution is 0.545. The number of benzene rings is 1. The van der Waals surface area contributed by atoms with Gasteiger partial charge in [0.1, 0.15) is 0 Å². The Morgan fingerprint density at radius 1 is 1.17 bits per heavy atom. The van der Waals surface area contributed by atoms with Crippen LogP contribution in [-0.4, -0.2) is 9.55 Å². The number of pyridine rings is 1. The van der Waals surface area contributed by atoms with Gasteiger partial charge in [0, 0.05) is 18.1 Å². The largest absolute Gasteiger partial charge is 0.339 e. The summed E-state index contributed by atoms with van der Waals surface area (Å²) in [7, 11) is 0. The van der Waals surface area contributed by atoms with Gasteiger partial charge in [-0.15, -0.1) is 0 Å². The number of aryl methyl sites for hydroxylation is 1. The molecule has 0 unspecified atom stereocenters. The van der Waals surface area contributed by atoms with Gasteiger partial charge in [-0.25, -0.2) is 0 Å². The van der Waals surface area contributed by atoms with Crippen molar-refractivity contribution in [2.75, 3.05) is 0 Å².